The Morgan fingerprint density at radius 1 is 0.920 bits per heavy atom. The molecule has 0 aliphatic carbocycles. The minimum Gasteiger partial charge on any atom is -0.494 e. The van der Waals surface area contributed by atoms with E-state index in [0.717, 1.165) is 0 Å². The van der Waals surface area contributed by atoms with Gasteiger partial charge >= 0.3 is 5.97 Å². The molecule has 0 fully saturated rings. The molecule has 0 heterocycles. The zero-order valence-electron chi connectivity index (χ0n) is 12.2. The van der Waals surface area contributed by atoms with Gasteiger partial charge in [-0.25, -0.2) is 26.7 Å². The summed E-state index contributed by atoms with van der Waals surface area (Å²) in [5, 5.41) is -0.154. The van der Waals surface area contributed by atoms with Crippen LogP contribution in [0.5, 0.6) is 5.75 Å². The summed E-state index contributed by atoms with van der Waals surface area (Å²) in [5.41, 5.74) is -1.66. The van der Waals surface area contributed by atoms with E-state index in [4.69, 9.17) is 27.9 Å². The number of halogens is 7. The van der Waals surface area contributed by atoms with Crippen molar-refractivity contribution in [3.05, 3.63) is 62.4 Å². The number of rotatable bonds is 4. The summed E-state index contributed by atoms with van der Waals surface area (Å²) in [6.07, 6.45) is 0. The number of methoxy groups -OCH3 is 1. The molecule has 0 atom stereocenters. The molecule has 0 radical (unpaired) electrons. The zero-order valence-corrected chi connectivity index (χ0v) is 13.7. The van der Waals surface area contributed by atoms with Gasteiger partial charge in [0.25, 0.3) is 0 Å². The second kappa shape index (κ2) is 7.45. The molecule has 0 saturated carbocycles. The highest BCUT2D eigenvalue weighted by atomic mass is 35.5. The Bertz CT molecular complexity index is 829. The molecule has 0 unspecified atom stereocenters. The predicted octanol–water partition coefficient (Wildman–Crippen LogP) is 5.05. The van der Waals surface area contributed by atoms with E-state index < -0.39 is 47.2 Å². The van der Waals surface area contributed by atoms with Crippen molar-refractivity contribution in [2.75, 3.05) is 7.11 Å². The smallest absolute Gasteiger partial charge is 0.343 e. The Kier molecular flexibility index (Phi) is 5.74. The number of benzene rings is 2. The topological polar surface area (TPSA) is 35.5 Å². The van der Waals surface area contributed by atoms with Crippen molar-refractivity contribution in [3.8, 4) is 5.75 Å². The van der Waals surface area contributed by atoms with Crippen molar-refractivity contribution < 1.29 is 36.2 Å². The standard InChI is InChI=1S/C15H7Cl2F5O3/c1-24-14-7(17)3-2-6(16)8(14)15(23)25-4-5-9(18)11(20)13(22)12(21)10(5)19/h2-3H,4H2,1H3. The first-order valence-electron chi connectivity index (χ1n) is 6.40. The predicted molar refractivity (Wildman–Crippen MR) is 78.4 cm³/mol. The van der Waals surface area contributed by atoms with Gasteiger partial charge in [-0.1, -0.05) is 23.2 Å². The maximum Gasteiger partial charge on any atom is 0.343 e. The fourth-order valence-electron chi connectivity index (χ4n) is 1.91. The van der Waals surface area contributed by atoms with Crippen LogP contribution in [0, 0.1) is 29.1 Å². The molecule has 0 aromatic heterocycles. The summed E-state index contributed by atoms with van der Waals surface area (Å²) < 4.78 is 75.8. The third-order valence-corrected chi connectivity index (χ3v) is 3.73. The first-order chi connectivity index (χ1) is 11.7. The molecule has 0 N–H and O–H groups in total. The molecule has 2 rings (SSSR count). The average Bonchev–Trinajstić information content (AvgIpc) is 2.59. The quantitative estimate of drug-likeness (QED) is 0.311. The lowest BCUT2D eigenvalue weighted by molar-refractivity contribution is 0.0458. The molecular formula is C15H7Cl2F5O3. The molecule has 134 valence electrons. The van der Waals surface area contributed by atoms with Crippen LogP contribution in [0.4, 0.5) is 22.0 Å². The number of carbonyl (C=O) groups excluding carboxylic acids is 1. The lowest BCUT2D eigenvalue weighted by atomic mass is 10.1. The van der Waals surface area contributed by atoms with Crippen molar-refractivity contribution >= 4 is 29.2 Å². The van der Waals surface area contributed by atoms with E-state index in [9.17, 15) is 26.7 Å². The molecule has 0 aliphatic heterocycles. The monoisotopic (exact) mass is 400 g/mol. The molecule has 0 spiro atoms. The van der Waals surface area contributed by atoms with E-state index in [-0.39, 0.29) is 21.4 Å². The minimum absolute atomic E-state index is 0.00455. The van der Waals surface area contributed by atoms with Crippen LogP contribution in [0.2, 0.25) is 10.0 Å². The first-order valence-corrected chi connectivity index (χ1v) is 7.15. The maximum atomic E-state index is 13.6. The van der Waals surface area contributed by atoms with Gasteiger partial charge in [0.15, 0.2) is 29.0 Å². The van der Waals surface area contributed by atoms with Crippen LogP contribution in [0.3, 0.4) is 0 Å². The van der Waals surface area contributed by atoms with Crippen LogP contribution < -0.4 is 4.74 Å². The second-order valence-corrected chi connectivity index (χ2v) is 5.38. The number of esters is 1. The molecule has 10 heteroatoms. The van der Waals surface area contributed by atoms with E-state index in [0.29, 0.717) is 0 Å². The van der Waals surface area contributed by atoms with Crippen LogP contribution in [0.15, 0.2) is 12.1 Å². The van der Waals surface area contributed by atoms with Crippen molar-refractivity contribution in [1.29, 1.82) is 0 Å². The highest BCUT2D eigenvalue weighted by Gasteiger charge is 2.27. The highest BCUT2D eigenvalue weighted by Crippen LogP contribution is 2.34. The van der Waals surface area contributed by atoms with Crippen molar-refractivity contribution in [2.24, 2.45) is 0 Å². The fraction of sp³-hybridized carbons (Fsp3) is 0.133. The Labute approximate surface area is 147 Å². The summed E-state index contributed by atoms with van der Waals surface area (Å²) in [7, 11) is 1.18. The maximum absolute atomic E-state index is 13.6. The van der Waals surface area contributed by atoms with Gasteiger partial charge in [0.1, 0.15) is 12.2 Å². The van der Waals surface area contributed by atoms with Gasteiger partial charge in [0.2, 0.25) is 5.82 Å². The Balaban J connectivity index is 2.36. The lowest BCUT2D eigenvalue weighted by Crippen LogP contribution is -2.13. The summed E-state index contributed by atoms with van der Waals surface area (Å²) in [6, 6.07) is 2.56. The molecule has 0 bridgehead atoms. The van der Waals surface area contributed by atoms with Gasteiger partial charge in [0, 0.05) is 0 Å². The molecule has 0 aliphatic rings. The number of hydrogen-bond donors (Lipinski definition) is 0. The Hall–Kier alpha value is -2.06. The molecule has 0 saturated heterocycles. The minimum atomic E-state index is -2.32. The normalized spacial score (nSPS) is 10.7. The number of hydrogen-bond acceptors (Lipinski definition) is 3. The van der Waals surface area contributed by atoms with Crippen LogP contribution >= 0.6 is 23.2 Å². The highest BCUT2D eigenvalue weighted by molar-refractivity contribution is 6.37. The molecule has 25 heavy (non-hydrogen) atoms. The third kappa shape index (κ3) is 3.50. The van der Waals surface area contributed by atoms with Gasteiger partial charge in [-0.05, 0) is 12.1 Å². The van der Waals surface area contributed by atoms with Gasteiger partial charge < -0.3 is 9.47 Å². The van der Waals surface area contributed by atoms with E-state index in [2.05, 4.69) is 4.74 Å². The molecule has 3 nitrogen and oxygen atoms in total. The summed E-state index contributed by atoms with van der Waals surface area (Å²) >= 11 is 11.7. The molecular weight excluding hydrogens is 394 g/mol. The number of carbonyl (C=O) groups is 1. The lowest BCUT2D eigenvalue weighted by Gasteiger charge is -2.13. The molecule has 0 amide bonds. The van der Waals surface area contributed by atoms with Gasteiger partial charge in [-0.2, -0.15) is 0 Å². The van der Waals surface area contributed by atoms with Crippen molar-refractivity contribution in [2.45, 2.75) is 6.61 Å². The van der Waals surface area contributed by atoms with Crippen LogP contribution in [-0.4, -0.2) is 13.1 Å². The van der Waals surface area contributed by atoms with E-state index in [1.54, 1.807) is 0 Å². The van der Waals surface area contributed by atoms with Gasteiger partial charge in [-0.15, -0.1) is 0 Å². The molecule has 2 aromatic carbocycles. The number of ether oxygens (including phenoxy) is 2. The average molecular weight is 401 g/mol. The molecule has 2 aromatic rings. The van der Waals surface area contributed by atoms with E-state index in [1.165, 1.54) is 19.2 Å². The SMILES string of the molecule is COc1c(Cl)ccc(Cl)c1C(=O)OCc1c(F)c(F)c(F)c(F)c1F. The fourth-order valence-corrected chi connectivity index (χ4v) is 2.37. The van der Waals surface area contributed by atoms with Crippen molar-refractivity contribution in [3.63, 3.8) is 0 Å². The summed E-state index contributed by atoms with van der Waals surface area (Å²) in [5.74, 6) is -12.2. The van der Waals surface area contributed by atoms with Crippen LogP contribution in [0.25, 0.3) is 0 Å². The summed E-state index contributed by atoms with van der Waals surface area (Å²) in [4.78, 5) is 12.1. The van der Waals surface area contributed by atoms with E-state index >= 15 is 0 Å². The van der Waals surface area contributed by atoms with Gasteiger partial charge in [-0.3, -0.25) is 0 Å². The van der Waals surface area contributed by atoms with Gasteiger partial charge in [0.05, 0.1) is 22.7 Å². The largest absolute Gasteiger partial charge is 0.494 e. The third-order valence-electron chi connectivity index (χ3n) is 3.12. The Morgan fingerprint density at radius 2 is 1.40 bits per heavy atom. The second-order valence-electron chi connectivity index (χ2n) is 4.56. The van der Waals surface area contributed by atoms with Crippen LogP contribution in [-0.2, 0) is 11.3 Å². The first kappa shape index (κ1) is 19.3. The Morgan fingerprint density at radius 3 is 1.92 bits per heavy atom. The van der Waals surface area contributed by atoms with E-state index in [1.807, 2.05) is 0 Å². The zero-order chi connectivity index (χ0) is 18.9. The van der Waals surface area contributed by atoms with Crippen LogP contribution in [0.1, 0.15) is 15.9 Å². The van der Waals surface area contributed by atoms with Crippen molar-refractivity contribution in [1.82, 2.24) is 0 Å². The summed E-state index contributed by atoms with van der Waals surface area (Å²) in [6.45, 7) is -1.23.